The average molecular weight is 306 g/mol. The zero-order valence-corrected chi connectivity index (χ0v) is 12.7. The Morgan fingerprint density at radius 3 is 2.45 bits per heavy atom. The second-order valence-electron chi connectivity index (χ2n) is 5.06. The fourth-order valence-corrected chi connectivity index (χ4v) is 3.24. The molecule has 0 N–H and O–H groups in total. The molecule has 0 amide bonds. The van der Waals surface area contributed by atoms with E-state index >= 15 is 0 Å². The van der Waals surface area contributed by atoms with Gasteiger partial charge in [-0.1, -0.05) is 72.4 Å². The number of rotatable bonds is 3. The van der Waals surface area contributed by atoms with E-state index in [0.717, 1.165) is 34.4 Å². The van der Waals surface area contributed by atoms with Gasteiger partial charge in [0.25, 0.3) is 0 Å². The van der Waals surface area contributed by atoms with Crippen molar-refractivity contribution in [2.75, 3.05) is 5.75 Å². The van der Waals surface area contributed by atoms with Gasteiger partial charge in [0.2, 0.25) is 5.16 Å². The Morgan fingerprint density at radius 1 is 0.955 bits per heavy atom. The topological polar surface area (TPSA) is 43.1 Å². The van der Waals surface area contributed by atoms with E-state index in [2.05, 4.69) is 39.4 Å². The molecule has 0 radical (unpaired) electrons. The third-order valence-electron chi connectivity index (χ3n) is 3.47. The van der Waals surface area contributed by atoms with Crippen LogP contribution in [0.4, 0.5) is 0 Å². The predicted molar refractivity (Wildman–Crippen MR) is 88.4 cm³/mol. The Labute approximate surface area is 132 Å². The summed E-state index contributed by atoms with van der Waals surface area (Å²) < 4.78 is 0. The zero-order valence-electron chi connectivity index (χ0n) is 11.9. The van der Waals surface area contributed by atoms with Crippen LogP contribution in [0, 0.1) is 0 Å². The number of nitrogens with zero attached hydrogens (tertiary/aromatic N) is 4. The standard InChI is InChI=1S/C17H14N4S/c1-3-7-13(8-4-1)11-16-18-17-21(20-16)19-15(12-22-17)14-9-5-2-6-10-14/h1-10H,11-12H2. The molecule has 1 aliphatic heterocycles. The van der Waals surface area contributed by atoms with Crippen molar-refractivity contribution in [1.82, 2.24) is 14.9 Å². The summed E-state index contributed by atoms with van der Waals surface area (Å²) in [4.78, 5) is 6.24. The molecule has 108 valence electrons. The molecular weight excluding hydrogens is 292 g/mol. The minimum Gasteiger partial charge on any atom is -0.204 e. The zero-order chi connectivity index (χ0) is 14.8. The first-order chi connectivity index (χ1) is 10.9. The van der Waals surface area contributed by atoms with E-state index in [9.17, 15) is 0 Å². The highest BCUT2D eigenvalue weighted by Gasteiger charge is 2.18. The lowest BCUT2D eigenvalue weighted by molar-refractivity contribution is 0.654. The fraction of sp³-hybridized carbons (Fsp3) is 0.118. The molecule has 5 heteroatoms. The van der Waals surface area contributed by atoms with Gasteiger partial charge in [-0.15, -0.1) is 9.89 Å². The van der Waals surface area contributed by atoms with E-state index < -0.39 is 0 Å². The number of hydrogen-bond donors (Lipinski definition) is 0. The van der Waals surface area contributed by atoms with Gasteiger partial charge in [0.1, 0.15) is 0 Å². The van der Waals surface area contributed by atoms with Crippen LogP contribution in [0.2, 0.25) is 0 Å². The molecular formula is C17H14N4S. The lowest BCUT2D eigenvalue weighted by Crippen LogP contribution is -2.13. The van der Waals surface area contributed by atoms with E-state index in [-0.39, 0.29) is 0 Å². The first-order valence-electron chi connectivity index (χ1n) is 7.14. The van der Waals surface area contributed by atoms with Crippen LogP contribution in [0.15, 0.2) is 70.9 Å². The van der Waals surface area contributed by atoms with E-state index in [1.165, 1.54) is 5.56 Å². The Balaban J connectivity index is 1.62. The van der Waals surface area contributed by atoms with Crippen molar-refractivity contribution >= 4 is 17.5 Å². The molecule has 0 aliphatic carbocycles. The largest absolute Gasteiger partial charge is 0.211 e. The molecule has 1 aliphatic rings. The maximum Gasteiger partial charge on any atom is 0.211 e. The molecule has 4 rings (SSSR count). The van der Waals surface area contributed by atoms with Crippen LogP contribution in [0.3, 0.4) is 0 Å². The normalized spacial score (nSPS) is 13.5. The Kier molecular flexibility index (Phi) is 3.48. The van der Waals surface area contributed by atoms with Gasteiger partial charge in [-0.25, -0.2) is 4.98 Å². The Hall–Kier alpha value is -2.40. The highest BCUT2D eigenvalue weighted by molar-refractivity contribution is 7.99. The molecule has 4 nitrogen and oxygen atoms in total. The summed E-state index contributed by atoms with van der Waals surface area (Å²) in [5, 5.41) is 10.0. The minimum atomic E-state index is 0.734. The van der Waals surface area contributed by atoms with Gasteiger partial charge in [-0.3, -0.25) is 0 Å². The number of hydrogen-bond acceptors (Lipinski definition) is 4. The third-order valence-corrected chi connectivity index (χ3v) is 4.40. The predicted octanol–water partition coefficient (Wildman–Crippen LogP) is 3.23. The molecule has 22 heavy (non-hydrogen) atoms. The van der Waals surface area contributed by atoms with Gasteiger partial charge >= 0.3 is 0 Å². The van der Waals surface area contributed by atoms with E-state index in [4.69, 9.17) is 0 Å². The first kappa shape index (κ1) is 13.3. The Bertz CT molecular complexity index is 809. The van der Waals surface area contributed by atoms with E-state index in [1.807, 2.05) is 36.4 Å². The van der Waals surface area contributed by atoms with Gasteiger partial charge in [0, 0.05) is 12.2 Å². The Morgan fingerprint density at radius 2 is 1.68 bits per heavy atom. The van der Waals surface area contributed by atoms with Crippen molar-refractivity contribution in [2.45, 2.75) is 11.6 Å². The number of benzene rings is 2. The van der Waals surface area contributed by atoms with Crippen LogP contribution in [0.1, 0.15) is 17.0 Å². The van der Waals surface area contributed by atoms with Crippen molar-refractivity contribution < 1.29 is 0 Å². The molecule has 1 aromatic heterocycles. The first-order valence-corrected chi connectivity index (χ1v) is 8.13. The van der Waals surface area contributed by atoms with Crippen molar-refractivity contribution in [3.05, 3.63) is 77.6 Å². The van der Waals surface area contributed by atoms with Crippen LogP contribution in [0.25, 0.3) is 0 Å². The summed E-state index contributed by atoms with van der Waals surface area (Å²) in [5.74, 6) is 1.64. The molecule has 0 atom stereocenters. The molecule has 0 saturated heterocycles. The summed E-state index contributed by atoms with van der Waals surface area (Å²) in [6, 6.07) is 20.5. The van der Waals surface area contributed by atoms with Crippen LogP contribution < -0.4 is 0 Å². The van der Waals surface area contributed by atoms with Crippen molar-refractivity contribution in [3.8, 4) is 0 Å². The summed E-state index contributed by atoms with van der Waals surface area (Å²) >= 11 is 1.68. The molecule has 0 spiro atoms. The van der Waals surface area contributed by atoms with Crippen LogP contribution >= 0.6 is 11.8 Å². The summed E-state index contributed by atoms with van der Waals surface area (Å²) in [5.41, 5.74) is 3.39. The van der Waals surface area contributed by atoms with E-state index in [0.29, 0.717) is 0 Å². The van der Waals surface area contributed by atoms with Crippen LogP contribution in [-0.4, -0.2) is 26.3 Å². The third kappa shape index (κ3) is 2.67. The molecule has 0 fully saturated rings. The summed E-state index contributed by atoms with van der Waals surface area (Å²) in [7, 11) is 0. The quantitative estimate of drug-likeness (QED) is 0.746. The molecule has 0 bridgehead atoms. The van der Waals surface area contributed by atoms with Crippen LogP contribution in [0.5, 0.6) is 0 Å². The lowest BCUT2D eigenvalue weighted by Gasteiger charge is -2.11. The van der Waals surface area contributed by atoms with Gasteiger partial charge in [-0.05, 0) is 11.1 Å². The number of fused-ring (bicyclic) bond motifs is 1. The van der Waals surface area contributed by atoms with Crippen molar-refractivity contribution in [2.24, 2.45) is 5.10 Å². The van der Waals surface area contributed by atoms with Crippen molar-refractivity contribution in [3.63, 3.8) is 0 Å². The maximum absolute atomic E-state index is 4.62. The SMILES string of the molecule is c1ccc(Cc2nc3n(n2)N=C(c2ccccc2)CS3)cc1. The van der Waals surface area contributed by atoms with Gasteiger partial charge < -0.3 is 0 Å². The molecule has 3 aromatic rings. The summed E-state index contributed by atoms with van der Waals surface area (Å²) in [6.45, 7) is 0. The van der Waals surface area contributed by atoms with Gasteiger partial charge in [0.05, 0.1) is 5.71 Å². The molecule has 2 heterocycles. The maximum atomic E-state index is 4.62. The second kappa shape index (κ2) is 5.77. The highest BCUT2D eigenvalue weighted by atomic mass is 32.2. The lowest BCUT2D eigenvalue weighted by atomic mass is 10.1. The summed E-state index contributed by atoms with van der Waals surface area (Å²) in [6.07, 6.45) is 0.734. The average Bonchev–Trinajstić information content (AvgIpc) is 2.98. The smallest absolute Gasteiger partial charge is 0.204 e. The number of aromatic nitrogens is 3. The molecule has 0 unspecified atom stereocenters. The number of thioether (sulfide) groups is 1. The van der Waals surface area contributed by atoms with Crippen LogP contribution in [-0.2, 0) is 6.42 Å². The monoisotopic (exact) mass is 306 g/mol. The second-order valence-corrected chi connectivity index (χ2v) is 6.01. The van der Waals surface area contributed by atoms with Gasteiger partial charge in [-0.2, -0.15) is 5.10 Å². The molecule has 2 aromatic carbocycles. The molecule has 0 saturated carbocycles. The highest BCUT2D eigenvalue weighted by Crippen LogP contribution is 2.23. The van der Waals surface area contributed by atoms with Gasteiger partial charge in [0.15, 0.2) is 5.82 Å². The van der Waals surface area contributed by atoms with Crippen molar-refractivity contribution in [1.29, 1.82) is 0 Å². The fourth-order valence-electron chi connectivity index (χ4n) is 2.39. The van der Waals surface area contributed by atoms with E-state index in [1.54, 1.807) is 16.6 Å². The minimum absolute atomic E-state index is 0.734.